The van der Waals surface area contributed by atoms with Crippen molar-refractivity contribution in [1.82, 2.24) is 14.9 Å². The molecular formula is C19H25FN4OS. The van der Waals surface area contributed by atoms with Gasteiger partial charge in [0.1, 0.15) is 5.82 Å². The lowest BCUT2D eigenvalue weighted by molar-refractivity contribution is -0.117. The van der Waals surface area contributed by atoms with Crippen molar-refractivity contribution in [2.24, 2.45) is 18.9 Å². The van der Waals surface area contributed by atoms with Crippen molar-refractivity contribution in [2.45, 2.75) is 36.2 Å². The van der Waals surface area contributed by atoms with E-state index in [0.717, 1.165) is 36.0 Å². The molecule has 0 aliphatic carbocycles. The number of imidazole rings is 1. The number of benzene rings is 1. The molecule has 0 spiro atoms. The summed E-state index contributed by atoms with van der Waals surface area (Å²) in [6.45, 7) is 4.15. The van der Waals surface area contributed by atoms with Crippen LogP contribution in [0.1, 0.15) is 26.2 Å². The summed E-state index contributed by atoms with van der Waals surface area (Å²) in [6.07, 6.45) is 6.32. The van der Waals surface area contributed by atoms with Gasteiger partial charge in [-0.25, -0.2) is 9.37 Å². The molecule has 26 heavy (non-hydrogen) atoms. The number of anilines is 1. The zero-order valence-electron chi connectivity index (χ0n) is 15.2. The second-order valence-corrected chi connectivity index (χ2v) is 7.91. The van der Waals surface area contributed by atoms with Crippen molar-refractivity contribution in [3.8, 4) is 0 Å². The Kier molecular flexibility index (Phi) is 6.32. The van der Waals surface area contributed by atoms with E-state index in [1.165, 1.54) is 23.9 Å². The number of piperidine rings is 1. The topological polar surface area (TPSA) is 59.0 Å². The monoisotopic (exact) mass is 376 g/mol. The fourth-order valence-electron chi connectivity index (χ4n) is 3.26. The number of hydrogen-bond acceptors (Lipinski definition) is 4. The van der Waals surface area contributed by atoms with Crippen LogP contribution in [0, 0.1) is 17.7 Å². The van der Waals surface area contributed by atoms with E-state index in [4.69, 9.17) is 0 Å². The highest BCUT2D eigenvalue weighted by Gasteiger charge is 2.22. The fraction of sp³-hybridized carbons (Fsp3) is 0.474. The molecule has 2 unspecified atom stereocenters. The molecule has 140 valence electrons. The summed E-state index contributed by atoms with van der Waals surface area (Å²) >= 11 is 1.41. The average Bonchev–Trinajstić information content (AvgIpc) is 3.03. The second kappa shape index (κ2) is 8.68. The van der Waals surface area contributed by atoms with Gasteiger partial charge in [-0.2, -0.15) is 0 Å². The third-order valence-corrected chi connectivity index (χ3v) is 5.99. The van der Waals surface area contributed by atoms with Gasteiger partial charge in [0.2, 0.25) is 5.91 Å². The molecule has 1 aliphatic heterocycles. The predicted octanol–water partition coefficient (Wildman–Crippen LogP) is 3.67. The molecule has 1 aliphatic rings. The van der Waals surface area contributed by atoms with Crippen molar-refractivity contribution in [3.63, 3.8) is 0 Å². The highest BCUT2D eigenvalue weighted by Crippen LogP contribution is 2.33. The number of nitrogens with one attached hydrogen (secondary N) is 2. The fourth-order valence-corrected chi connectivity index (χ4v) is 4.13. The molecule has 2 aromatic rings. The SMILES string of the molecule is CC(CC(=O)Nc1cc(F)ccc1Sc1nccn1C)C1CCCNC1. The summed E-state index contributed by atoms with van der Waals surface area (Å²) < 4.78 is 15.6. The third kappa shape index (κ3) is 4.86. The molecule has 1 aromatic carbocycles. The maximum Gasteiger partial charge on any atom is 0.224 e. The minimum absolute atomic E-state index is 0.0737. The van der Waals surface area contributed by atoms with Gasteiger partial charge < -0.3 is 15.2 Å². The van der Waals surface area contributed by atoms with Crippen LogP contribution in [0.25, 0.3) is 0 Å². The van der Waals surface area contributed by atoms with E-state index in [1.807, 2.05) is 17.8 Å². The van der Waals surface area contributed by atoms with Crippen molar-refractivity contribution >= 4 is 23.4 Å². The first-order valence-electron chi connectivity index (χ1n) is 8.98. The second-order valence-electron chi connectivity index (χ2n) is 6.90. The lowest BCUT2D eigenvalue weighted by Gasteiger charge is -2.28. The first kappa shape index (κ1) is 18.9. The molecule has 3 rings (SSSR count). The minimum Gasteiger partial charge on any atom is -0.329 e. The molecule has 1 aromatic heterocycles. The number of hydrogen-bond donors (Lipinski definition) is 2. The van der Waals surface area contributed by atoms with E-state index >= 15 is 0 Å². The molecule has 2 atom stereocenters. The standard InChI is InChI=1S/C19H25FN4OS/c1-13(14-4-3-7-21-12-14)10-18(25)23-16-11-15(20)5-6-17(16)26-19-22-8-9-24(19)2/h5-6,8-9,11,13-14,21H,3-4,7,10,12H2,1-2H3,(H,23,25). The summed E-state index contributed by atoms with van der Waals surface area (Å²) in [5.41, 5.74) is 0.497. The number of aromatic nitrogens is 2. The molecule has 2 heterocycles. The smallest absolute Gasteiger partial charge is 0.224 e. The predicted molar refractivity (Wildman–Crippen MR) is 102 cm³/mol. The van der Waals surface area contributed by atoms with Gasteiger partial charge in [-0.3, -0.25) is 4.79 Å². The first-order chi connectivity index (χ1) is 12.5. The normalized spacial score (nSPS) is 18.5. The molecule has 5 nitrogen and oxygen atoms in total. The molecule has 1 saturated heterocycles. The number of carbonyl (C=O) groups excluding carboxylic acids is 1. The molecule has 2 N–H and O–H groups in total. The van der Waals surface area contributed by atoms with Crippen LogP contribution in [-0.2, 0) is 11.8 Å². The van der Waals surface area contributed by atoms with E-state index in [0.29, 0.717) is 23.9 Å². The van der Waals surface area contributed by atoms with Crippen LogP contribution in [0.2, 0.25) is 0 Å². The van der Waals surface area contributed by atoms with Crippen LogP contribution in [-0.4, -0.2) is 28.5 Å². The molecule has 0 bridgehead atoms. The summed E-state index contributed by atoms with van der Waals surface area (Å²) in [7, 11) is 1.90. The van der Waals surface area contributed by atoms with Gasteiger partial charge in [-0.1, -0.05) is 6.92 Å². The van der Waals surface area contributed by atoms with Gasteiger partial charge in [-0.15, -0.1) is 0 Å². The van der Waals surface area contributed by atoms with Crippen molar-refractivity contribution < 1.29 is 9.18 Å². The van der Waals surface area contributed by atoms with Gasteiger partial charge in [0.05, 0.1) is 5.69 Å². The van der Waals surface area contributed by atoms with Crippen LogP contribution in [0.15, 0.2) is 40.6 Å². The molecule has 0 radical (unpaired) electrons. The van der Waals surface area contributed by atoms with Gasteiger partial charge >= 0.3 is 0 Å². The van der Waals surface area contributed by atoms with Gasteiger partial charge in [0.15, 0.2) is 5.16 Å². The average molecular weight is 377 g/mol. The van der Waals surface area contributed by atoms with Crippen LogP contribution in [0.3, 0.4) is 0 Å². The maximum atomic E-state index is 13.7. The molecule has 0 saturated carbocycles. The number of carbonyl (C=O) groups is 1. The molecule has 1 fully saturated rings. The number of rotatable bonds is 6. The highest BCUT2D eigenvalue weighted by atomic mass is 32.2. The van der Waals surface area contributed by atoms with Crippen molar-refractivity contribution in [3.05, 3.63) is 36.4 Å². The van der Waals surface area contributed by atoms with Crippen LogP contribution in [0.4, 0.5) is 10.1 Å². The van der Waals surface area contributed by atoms with E-state index in [2.05, 4.69) is 22.5 Å². The quantitative estimate of drug-likeness (QED) is 0.808. The Hall–Kier alpha value is -1.86. The Labute approximate surface area is 157 Å². The number of nitrogens with zero attached hydrogens (tertiary/aromatic N) is 2. The maximum absolute atomic E-state index is 13.7. The summed E-state index contributed by atoms with van der Waals surface area (Å²) in [5, 5.41) is 7.07. The Morgan fingerprint density at radius 2 is 2.38 bits per heavy atom. The number of amides is 1. The van der Waals surface area contributed by atoms with Crippen LogP contribution in [0.5, 0.6) is 0 Å². The molecular weight excluding hydrogens is 351 g/mol. The van der Waals surface area contributed by atoms with Crippen molar-refractivity contribution in [2.75, 3.05) is 18.4 Å². The summed E-state index contributed by atoms with van der Waals surface area (Å²) in [5.74, 6) is 0.370. The Bertz CT molecular complexity index is 758. The van der Waals surface area contributed by atoms with Crippen molar-refractivity contribution in [1.29, 1.82) is 0 Å². The molecule has 7 heteroatoms. The number of halogens is 1. The van der Waals surface area contributed by atoms with E-state index in [9.17, 15) is 9.18 Å². The summed E-state index contributed by atoms with van der Waals surface area (Å²) in [6, 6.07) is 4.45. The van der Waals surface area contributed by atoms with E-state index in [-0.39, 0.29) is 11.7 Å². The first-order valence-corrected chi connectivity index (χ1v) is 9.80. The Morgan fingerprint density at radius 3 is 3.08 bits per heavy atom. The largest absolute Gasteiger partial charge is 0.329 e. The Morgan fingerprint density at radius 1 is 1.54 bits per heavy atom. The van der Waals surface area contributed by atoms with Crippen LogP contribution < -0.4 is 10.6 Å². The van der Waals surface area contributed by atoms with E-state index in [1.54, 1.807) is 12.3 Å². The summed E-state index contributed by atoms with van der Waals surface area (Å²) in [4.78, 5) is 17.6. The number of aryl methyl sites for hydroxylation is 1. The van der Waals surface area contributed by atoms with Gasteiger partial charge in [-0.05, 0) is 67.7 Å². The van der Waals surface area contributed by atoms with Crippen LogP contribution >= 0.6 is 11.8 Å². The lowest BCUT2D eigenvalue weighted by atomic mass is 9.85. The third-order valence-electron chi connectivity index (χ3n) is 4.84. The molecule has 1 amide bonds. The zero-order chi connectivity index (χ0) is 18.5. The van der Waals surface area contributed by atoms with Gasteiger partial charge in [0.25, 0.3) is 0 Å². The lowest BCUT2D eigenvalue weighted by Crippen LogP contribution is -2.34. The van der Waals surface area contributed by atoms with E-state index < -0.39 is 0 Å². The zero-order valence-corrected chi connectivity index (χ0v) is 16.0. The minimum atomic E-state index is -0.367. The highest BCUT2D eigenvalue weighted by molar-refractivity contribution is 7.99. The van der Waals surface area contributed by atoms with Gasteiger partial charge in [0, 0.05) is 30.8 Å². The Balaban J connectivity index is 1.67.